The molecule has 4 aromatic carbocycles. The molecule has 1 aliphatic rings. The molecule has 0 saturated heterocycles. The Kier molecular flexibility index (Phi) is 11.4. The normalized spacial score (nSPS) is 14.2. The van der Waals surface area contributed by atoms with Crippen molar-refractivity contribution in [3.05, 3.63) is 128 Å². The van der Waals surface area contributed by atoms with Crippen molar-refractivity contribution in [3.8, 4) is 0 Å². The Morgan fingerprint density at radius 3 is 1.96 bits per heavy atom. The summed E-state index contributed by atoms with van der Waals surface area (Å²) in [4.78, 5) is 3.15. The van der Waals surface area contributed by atoms with Gasteiger partial charge in [0.15, 0.2) is 11.0 Å². The minimum absolute atomic E-state index is 0. The van der Waals surface area contributed by atoms with Crippen LogP contribution >= 0.6 is 46.4 Å². The van der Waals surface area contributed by atoms with Crippen molar-refractivity contribution in [3.63, 3.8) is 0 Å². The molecular weight excluding hydrogens is 777 g/mol. The van der Waals surface area contributed by atoms with Gasteiger partial charge in [-0.3, -0.25) is 4.55 Å². The van der Waals surface area contributed by atoms with Crippen molar-refractivity contribution in [1.82, 2.24) is 4.57 Å². The largest absolute Gasteiger partial charge is 1.00 e. The van der Waals surface area contributed by atoms with Gasteiger partial charge < -0.3 is 14.4 Å². The fraction of sp³-hybridized carbons (Fsp3) is 0.121. The van der Waals surface area contributed by atoms with Crippen LogP contribution in [-0.4, -0.2) is 37.6 Å². The van der Waals surface area contributed by atoms with E-state index in [2.05, 4.69) is 0 Å². The van der Waals surface area contributed by atoms with Crippen LogP contribution in [0.3, 0.4) is 0 Å². The Balaban J connectivity index is 0.00000486. The van der Waals surface area contributed by atoms with Gasteiger partial charge in [0.25, 0.3) is 15.9 Å². The van der Waals surface area contributed by atoms with Gasteiger partial charge in [0, 0.05) is 30.8 Å². The number of hydrogen-bond acceptors (Lipinski definition) is 7. The van der Waals surface area contributed by atoms with Gasteiger partial charge in [0.05, 0.1) is 54.8 Å². The number of imidazole rings is 1. The van der Waals surface area contributed by atoms with Gasteiger partial charge >= 0.3 is 29.6 Å². The van der Waals surface area contributed by atoms with Crippen molar-refractivity contribution in [2.45, 2.75) is 22.9 Å². The van der Waals surface area contributed by atoms with Crippen LogP contribution in [0.1, 0.15) is 17.0 Å². The van der Waals surface area contributed by atoms with Crippen molar-refractivity contribution in [2.75, 3.05) is 16.8 Å². The van der Waals surface area contributed by atoms with Gasteiger partial charge in [-0.2, -0.15) is 8.42 Å². The topological polar surface area (TPSA) is 127 Å². The van der Waals surface area contributed by atoms with Crippen LogP contribution in [0.5, 0.6) is 0 Å². The second-order valence-electron chi connectivity index (χ2n) is 11.2. The number of benzene rings is 4. The molecule has 50 heavy (non-hydrogen) atoms. The predicted molar refractivity (Wildman–Crippen MR) is 191 cm³/mol. The summed E-state index contributed by atoms with van der Waals surface area (Å²) >= 11 is 25.6. The van der Waals surface area contributed by atoms with Crippen molar-refractivity contribution in [2.24, 2.45) is 7.05 Å². The fourth-order valence-corrected chi connectivity index (χ4v) is 7.98. The van der Waals surface area contributed by atoms with E-state index in [1.54, 1.807) is 66.8 Å². The van der Waals surface area contributed by atoms with E-state index in [9.17, 15) is 25.9 Å². The number of aryl methyl sites for hydroxylation is 1. The molecule has 2 heterocycles. The van der Waals surface area contributed by atoms with E-state index in [1.807, 2.05) is 33.0 Å². The first-order chi connectivity index (χ1) is 23.1. The van der Waals surface area contributed by atoms with Crippen molar-refractivity contribution in [1.29, 1.82) is 0 Å². The predicted octanol–water partition coefficient (Wildman–Crippen LogP) is 4.29. The molecule has 0 unspecified atom stereocenters. The maximum atomic E-state index is 12.2. The first kappa shape index (κ1) is 38.6. The van der Waals surface area contributed by atoms with Crippen LogP contribution in [0.4, 0.5) is 11.4 Å². The number of nitrogens with zero attached hydrogens (tertiary/aromatic N) is 4. The average Bonchev–Trinajstić information content (AvgIpc) is 3.41. The molecule has 6 rings (SSSR count). The summed E-state index contributed by atoms with van der Waals surface area (Å²) in [5, 5.41) is 1.24. The van der Waals surface area contributed by atoms with E-state index in [1.165, 1.54) is 24.3 Å². The molecule has 10 nitrogen and oxygen atoms in total. The second-order valence-corrected chi connectivity index (χ2v) is 15.6. The summed E-state index contributed by atoms with van der Waals surface area (Å²) in [6.45, 7) is 0.0699. The molecule has 0 amide bonds. The second kappa shape index (κ2) is 14.8. The Hall–Kier alpha value is -2.59. The molecule has 254 valence electrons. The number of fused-ring (bicyclic) bond motifs is 2. The van der Waals surface area contributed by atoms with Crippen LogP contribution in [-0.2, 0) is 40.4 Å². The quantitative estimate of drug-likeness (QED) is 0.140. The van der Waals surface area contributed by atoms with Gasteiger partial charge in [-0.15, -0.1) is 0 Å². The number of halogens is 4. The van der Waals surface area contributed by atoms with Gasteiger partial charge in [-0.25, -0.2) is 17.6 Å². The molecule has 1 aromatic heterocycles. The molecule has 0 atom stereocenters. The summed E-state index contributed by atoms with van der Waals surface area (Å²) in [5.74, 6) is 1.23. The maximum absolute atomic E-state index is 12.2. The smallest absolute Gasteiger partial charge is 0.744 e. The van der Waals surface area contributed by atoms with E-state index in [4.69, 9.17) is 46.4 Å². The zero-order chi connectivity index (χ0) is 35.4. The van der Waals surface area contributed by atoms with Crippen LogP contribution < -0.4 is 43.9 Å². The Morgan fingerprint density at radius 1 is 0.800 bits per heavy atom. The molecule has 0 saturated carbocycles. The first-order valence-electron chi connectivity index (χ1n) is 14.4. The summed E-state index contributed by atoms with van der Waals surface area (Å²) in [5.41, 5.74) is 3.33. The van der Waals surface area contributed by atoms with E-state index in [0.717, 1.165) is 0 Å². The molecule has 0 radical (unpaired) electrons. The van der Waals surface area contributed by atoms with Crippen LogP contribution in [0.2, 0.25) is 20.1 Å². The van der Waals surface area contributed by atoms with E-state index < -0.39 is 20.2 Å². The number of anilines is 2. The van der Waals surface area contributed by atoms with Gasteiger partial charge in [0.1, 0.15) is 22.5 Å². The average molecular weight is 804 g/mol. The third-order valence-corrected chi connectivity index (χ3v) is 11.6. The number of allylic oxidation sites excluding steroid dienone is 2. The van der Waals surface area contributed by atoms with E-state index in [0.29, 0.717) is 59.7 Å². The molecule has 5 aromatic rings. The van der Waals surface area contributed by atoms with Crippen molar-refractivity contribution < 1.29 is 60.1 Å². The van der Waals surface area contributed by atoms with Crippen LogP contribution in [0.15, 0.2) is 101 Å². The van der Waals surface area contributed by atoms with E-state index >= 15 is 0 Å². The standard InChI is InChI=1S/C33H26Cl4N4O6S2.Na/c1-38-26-14-22(34)24(36)16-28(26)40(18-20-8-3-5-10-30(20)48(42,43)44)32(38)12-7-13-33-39(2)27-15-23(35)25(37)17-29(27)41(33)19-21-9-4-6-11-31(21)49(45,46)47;/h3-17H,18-19H2,1-2H3,(H-,42,43,44,45,46,47);/q;+1. The van der Waals surface area contributed by atoms with Gasteiger partial charge in [-0.1, -0.05) is 88.9 Å². The minimum atomic E-state index is -4.77. The molecule has 0 aliphatic carbocycles. The summed E-state index contributed by atoms with van der Waals surface area (Å²) < 4.78 is 74.4. The minimum Gasteiger partial charge on any atom is -0.744 e. The van der Waals surface area contributed by atoms with Crippen molar-refractivity contribution >= 4 is 95.1 Å². The molecule has 0 spiro atoms. The Labute approximate surface area is 331 Å². The van der Waals surface area contributed by atoms with Crippen LogP contribution in [0, 0.1) is 0 Å². The fourth-order valence-electron chi connectivity index (χ4n) is 5.94. The van der Waals surface area contributed by atoms with Crippen LogP contribution in [0.25, 0.3) is 17.1 Å². The molecule has 1 aliphatic heterocycles. The first-order valence-corrected chi connectivity index (χ1v) is 18.8. The number of rotatable bonds is 8. The van der Waals surface area contributed by atoms with Gasteiger partial charge in [0.2, 0.25) is 0 Å². The third kappa shape index (κ3) is 7.48. The monoisotopic (exact) mass is 801 g/mol. The molecular formula is C33H26Cl4N4NaO6S2+. The maximum Gasteiger partial charge on any atom is 1.00 e. The number of aromatic nitrogens is 2. The Morgan fingerprint density at radius 2 is 1.34 bits per heavy atom. The summed E-state index contributed by atoms with van der Waals surface area (Å²) in [7, 11) is -5.66. The summed E-state index contributed by atoms with van der Waals surface area (Å²) in [6.07, 6.45) is 5.37. The zero-order valence-corrected chi connectivity index (χ0v) is 33.3. The van der Waals surface area contributed by atoms with E-state index in [-0.39, 0.29) is 58.0 Å². The van der Waals surface area contributed by atoms with Gasteiger partial charge in [-0.05, 0) is 35.9 Å². The third-order valence-electron chi connectivity index (χ3n) is 8.22. The number of hydrogen-bond donors (Lipinski definition) is 1. The Bertz CT molecular complexity index is 2450. The zero-order valence-electron chi connectivity index (χ0n) is 26.7. The molecule has 0 bridgehead atoms. The summed E-state index contributed by atoms with van der Waals surface area (Å²) in [6, 6.07) is 18.9. The SMILES string of the molecule is CN1/C(=C\C=C\c2n(Cc3ccccc3S(=O)(=O)[O-])c3cc(Cl)c(Cl)cc3[n+]2C)N(Cc2ccccc2S(=O)(=O)O)c2cc(Cl)c(Cl)cc21.[Na+]. The molecule has 17 heteroatoms. The molecule has 1 N–H and O–H groups in total. The molecule has 0 fully saturated rings.